The molecule has 1 aromatic rings. The summed E-state index contributed by atoms with van der Waals surface area (Å²) in [7, 11) is 1.61. The van der Waals surface area contributed by atoms with Crippen molar-refractivity contribution >= 4 is 22.3 Å². The highest BCUT2D eigenvalue weighted by molar-refractivity contribution is 7.14. The van der Waals surface area contributed by atoms with Crippen molar-refractivity contribution < 1.29 is 14.6 Å². The van der Waals surface area contributed by atoms with Crippen LogP contribution in [-0.4, -0.2) is 35.3 Å². The molecule has 0 aliphatic carbocycles. The third-order valence-corrected chi connectivity index (χ3v) is 2.47. The van der Waals surface area contributed by atoms with Gasteiger partial charge in [-0.2, -0.15) is 0 Å². The summed E-state index contributed by atoms with van der Waals surface area (Å²) in [5, 5.41) is 12.5. The standard InChI is InChI=1S/C9H14N2O3S/c1-9(2,4-14-3)11-7-6(8(12)13)10-5-15-7/h5,11H,4H2,1-3H3,(H,12,13). The summed E-state index contributed by atoms with van der Waals surface area (Å²) in [5.74, 6) is -1.02. The Bertz CT molecular complexity index is 349. The normalized spacial score (nSPS) is 11.4. The van der Waals surface area contributed by atoms with E-state index in [1.54, 1.807) is 7.11 Å². The van der Waals surface area contributed by atoms with Crippen LogP contribution in [0.25, 0.3) is 0 Å². The number of nitrogens with one attached hydrogen (secondary N) is 1. The van der Waals surface area contributed by atoms with Gasteiger partial charge in [-0.3, -0.25) is 0 Å². The molecule has 0 bridgehead atoms. The highest BCUT2D eigenvalue weighted by Crippen LogP contribution is 2.24. The number of nitrogens with zero attached hydrogens (tertiary/aromatic N) is 1. The van der Waals surface area contributed by atoms with Crippen molar-refractivity contribution in [2.45, 2.75) is 19.4 Å². The van der Waals surface area contributed by atoms with Crippen LogP contribution in [0.2, 0.25) is 0 Å². The zero-order chi connectivity index (χ0) is 11.5. The second kappa shape index (κ2) is 4.59. The van der Waals surface area contributed by atoms with E-state index in [1.165, 1.54) is 16.8 Å². The molecule has 6 heteroatoms. The second-order valence-electron chi connectivity index (χ2n) is 3.78. The Labute approximate surface area is 92.1 Å². The lowest BCUT2D eigenvalue weighted by atomic mass is 10.1. The minimum atomic E-state index is -1.02. The van der Waals surface area contributed by atoms with Gasteiger partial charge in [-0.1, -0.05) is 0 Å². The fourth-order valence-corrected chi connectivity index (χ4v) is 2.04. The molecule has 84 valence electrons. The monoisotopic (exact) mass is 230 g/mol. The van der Waals surface area contributed by atoms with Crippen LogP contribution in [0.5, 0.6) is 0 Å². The molecule has 1 heterocycles. The van der Waals surface area contributed by atoms with Crippen LogP contribution in [-0.2, 0) is 4.74 Å². The maximum Gasteiger partial charge on any atom is 0.357 e. The first-order valence-corrected chi connectivity index (χ1v) is 5.28. The van der Waals surface area contributed by atoms with E-state index in [0.717, 1.165) is 0 Å². The van der Waals surface area contributed by atoms with Gasteiger partial charge in [-0.15, -0.1) is 11.3 Å². The van der Waals surface area contributed by atoms with Crippen LogP contribution >= 0.6 is 11.3 Å². The van der Waals surface area contributed by atoms with Gasteiger partial charge in [0.05, 0.1) is 17.7 Å². The molecule has 0 saturated carbocycles. The zero-order valence-corrected chi connectivity index (χ0v) is 9.72. The van der Waals surface area contributed by atoms with Gasteiger partial charge < -0.3 is 15.2 Å². The lowest BCUT2D eigenvalue weighted by Crippen LogP contribution is -2.36. The van der Waals surface area contributed by atoms with Crippen LogP contribution in [0.15, 0.2) is 5.51 Å². The van der Waals surface area contributed by atoms with Crippen molar-refractivity contribution in [3.8, 4) is 0 Å². The number of aromatic carboxylic acids is 1. The van der Waals surface area contributed by atoms with Crippen molar-refractivity contribution in [2.75, 3.05) is 19.0 Å². The molecule has 0 radical (unpaired) electrons. The summed E-state index contributed by atoms with van der Waals surface area (Å²) >= 11 is 1.27. The largest absolute Gasteiger partial charge is 0.476 e. The van der Waals surface area contributed by atoms with Gasteiger partial charge in [0.15, 0.2) is 5.69 Å². The van der Waals surface area contributed by atoms with E-state index < -0.39 is 5.97 Å². The Kier molecular flexibility index (Phi) is 3.65. The van der Waals surface area contributed by atoms with Crippen LogP contribution in [0.3, 0.4) is 0 Å². The summed E-state index contributed by atoms with van der Waals surface area (Å²) in [6, 6.07) is 0. The number of hydrogen-bond acceptors (Lipinski definition) is 5. The van der Waals surface area contributed by atoms with E-state index in [1.807, 2.05) is 13.8 Å². The van der Waals surface area contributed by atoms with Crippen LogP contribution in [0, 0.1) is 0 Å². The third-order valence-electron chi connectivity index (χ3n) is 1.73. The lowest BCUT2D eigenvalue weighted by Gasteiger charge is -2.25. The first-order chi connectivity index (χ1) is 6.96. The Morgan fingerprint density at radius 2 is 2.40 bits per heavy atom. The van der Waals surface area contributed by atoms with E-state index >= 15 is 0 Å². The number of aromatic nitrogens is 1. The fourth-order valence-electron chi connectivity index (χ4n) is 1.19. The molecule has 0 spiro atoms. The van der Waals surface area contributed by atoms with Crippen molar-refractivity contribution in [1.82, 2.24) is 4.98 Å². The predicted molar refractivity (Wildman–Crippen MR) is 58.7 cm³/mol. The molecule has 0 aromatic carbocycles. The second-order valence-corrected chi connectivity index (χ2v) is 4.63. The molecule has 0 aliphatic rings. The van der Waals surface area contributed by atoms with Crippen molar-refractivity contribution in [2.24, 2.45) is 0 Å². The quantitative estimate of drug-likeness (QED) is 0.805. The Morgan fingerprint density at radius 1 is 1.73 bits per heavy atom. The molecule has 15 heavy (non-hydrogen) atoms. The fraction of sp³-hybridized carbons (Fsp3) is 0.556. The average molecular weight is 230 g/mol. The predicted octanol–water partition coefficient (Wildman–Crippen LogP) is 1.68. The van der Waals surface area contributed by atoms with Gasteiger partial charge in [0.1, 0.15) is 5.00 Å². The molecule has 0 unspecified atom stereocenters. The highest BCUT2D eigenvalue weighted by Gasteiger charge is 2.22. The van der Waals surface area contributed by atoms with Gasteiger partial charge in [0, 0.05) is 7.11 Å². The molecule has 0 aliphatic heterocycles. The smallest absolute Gasteiger partial charge is 0.357 e. The Balaban J connectivity index is 2.80. The number of methoxy groups -OCH3 is 1. The zero-order valence-electron chi connectivity index (χ0n) is 8.90. The van der Waals surface area contributed by atoms with Crippen LogP contribution < -0.4 is 5.32 Å². The van der Waals surface area contributed by atoms with E-state index in [4.69, 9.17) is 9.84 Å². The highest BCUT2D eigenvalue weighted by atomic mass is 32.1. The lowest BCUT2D eigenvalue weighted by molar-refractivity contribution is 0.0692. The molecular formula is C9H14N2O3S. The summed E-state index contributed by atoms with van der Waals surface area (Å²) < 4.78 is 5.03. The average Bonchev–Trinajstić information content (AvgIpc) is 2.50. The topological polar surface area (TPSA) is 71.5 Å². The van der Waals surface area contributed by atoms with Gasteiger partial charge in [0.25, 0.3) is 0 Å². The van der Waals surface area contributed by atoms with E-state index in [9.17, 15) is 4.79 Å². The van der Waals surface area contributed by atoms with E-state index in [-0.39, 0.29) is 11.2 Å². The first-order valence-electron chi connectivity index (χ1n) is 4.40. The summed E-state index contributed by atoms with van der Waals surface area (Å²) in [5.41, 5.74) is 1.25. The summed E-state index contributed by atoms with van der Waals surface area (Å²) in [6.45, 7) is 4.35. The molecule has 1 rings (SSSR count). The van der Waals surface area contributed by atoms with Crippen molar-refractivity contribution in [1.29, 1.82) is 0 Å². The maximum atomic E-state index is 10.8. The van der Waals surface area contributed by atoms with Gasteiger partial charge in [-0.05, 0) is 13.8 Å². The van der Waals surface area contributed by atoms with Gasteiger partial charge in [-0.25, -0.2) is 9.78 Å². The molecule has 0 fully saturated rings. The first kappa shape index (κ1) is 11.9. The minimum absolute atomic E-state index is 0.0594. The Hall–Kier alpha value is -1.14. The SMILES string of the molecule is COCC(C)(C)Nc1scnc1C(=O)O. The molecule has 5 nitrogen and oxygen atoms in total. The minimum Gasteiger partial charge on any atom is -0.476 e. The number of rotatable bonds is 5. The number of carboxylic acids is 1. The number of ether oxygens (including phenoxy) is 1. The molecule has 0 amide bonds. The summed E-state index contributed by atoms with van der Waals surface area (Å²) in [6.07, 6.45) is 0. The summed E-state index contributed by atoms with van der Waals surface area (Å²) in [4.78, 5) is 14.6. The molecule has 0 atom stereocenters. The molecule has 1 aromatic heterocycles. The number of anilines is 1. The van der Waals surface area contributed by atoms with Crippen molar-refractivity contribution in [3.05, 3.63) is 11.2 Å². The number of carboxylic acid groups (broad SMARTS) is 1. The van der Waals surface area contributed by atoms with Gasteiger partial charge in [0.2, 0.25) is 0 Å². The number of thiazole rings is 1. The van der Waals surface area contributed by atoms with Crippen LogP contribution in [0.1, 0.15) is 24.3 Å². The molecule has 2 N–H and O–H groups in total. The van der Waals surface area contributed by atoms with Crippen LogP contribution in [0.4, 0.5) is 5.00 Å². The van der Waals surface area contributed by atoms with Crippen molar-refractivity contribution in [3.63, 3.8) is 0 Å². The Morgan fingerprint density at radius 3 is 2.93 bits per heavy atom. The number of hydrogen-bond donors (Lipinski definition) is 2. The maximum absolute atomic E-state index is 10.8. The molecule has 0 saturated heterocycles. The van der Waals surface area contributed by atoms with E-state index in [0.29, 0.717) is 11.6 Å². The van der Waals surface area contributed by atoms with Gasteiger partial charge >= 0.3 is 5.97 Å². The third kappa shape index (κ3) is 3.17. The van der Waals surface area contributed by atoms with E-state index in [2.05, 4.69) is 10.3 Å². The molecular weight excluding hydrogens is 216 g/mol. The number of carbonyl (C=O) groups is 1.